The lowest BCUT2D eigenvalue weighted by Crippen LogP contribution is -2.34. The second kappa shape index (κ2) is 37.0. The highest BCUT2D eigenvalue weighted by atomic mass is 16.5. The maximum Gasteiger partial charge on any atom is 0.338 e. The fourth-order valence-corrected chi connectivity index (χ4v) is 13.8. The summed E-state index contributed by atoms with van der Waals surface area (Å²) in [4.78, 5) is 132. The first-order valence-corrected chi connectivity index (χ1v) is 40.1. The van der Waals surface area contributed by atoms with Gasteiger partial charge in [-0.3, -0.25) is 40.6 Å². The molecule has 0 bridgehead atoms. The molecular weight excluding hydrogens is 1600 g/mol. The Morgan fingerprint density at radius 3 is 1.15 bits per heavy atom. The number of aryl methyl sites for hydroxylation is 1. The number of nitrogens with zero attached hydrogens (tertiary/aromatic N) is 16. The fraction of sp³-hybridized carbons (Fsp3) is 0.244. The molecule has 1 aliphatic carbocycles. The molecule has 125 heavy (non-hydrogen) atoms. The van der Waals surface area contributed by atoms with Crippen LogP contribution < -0.4 is 59.2 Å². The Kier molecular flexibility index (Phi) is 25.3. The van der Waals surface area contributed by atoms with Crippen molar-refractivity contribution in [1.29, 1.82) is 0 Å². The second-order valence-corrected chi connectivity index (χ2v) is 30.3. The zero-order valence-electron chi connectivity index (χ0n) is 69.9. The molecule has 0 atom stereocenters. The van der Waals surface area contributed by atoms with Crippen LogP contribution in [0, 0.1) is 6.92 Å². The number of aromatic amines is 4. The molecule has 0 unspecified atom stereocenters. The lowest BCUT2D eigenvalue weighted by molar-refractivity contribution is 0.00737. The molecule has 39 nitrogen and oxygen atoms in total. The minimum atomic E-state index is -1.07. The van der Waals surface area contributed by atoms with E-state index in [-0.39, 0.29) is 58.9 Å². The normalized spacial score (nSPS) is 11.9. The van der Waals surface area contributed by atoms with Crippen LogP contribution in [0.2, 0.25) is 0 Å². The maximum absolute atomic E-state index is 12.8. The highest BCUT2D eigenvalue weighted by molar-refractivity contribution is 5.99. The van der Waals surface area contributed by atoms with E-state index in [1.54, 1.807) is 107 Å². The van der Waals surface area contributed by atoms with Crippen LogP contribution in [0.15, 0.2) is 204 Å². The van der Waals surface area contributed by atoms with E-state index < -0.39 is 17.2 Å². The number of hydrogen-bond donors (Lipinski definition) is 14. The molecule has 17 rings (SSSR count). The SMILES string of the molecule is CCNC(=O)Nc1nc2c(-n3cc(C(=O)O)cn3)cc(-c3cccnc3)cc2[nH]1.CCNC(=O)Nc1nc2c(-n3cccn3)cc(-c3cc(C)n(C4CC4)c(=O)c3)cc2[nH]1.CCNC(=O)Nc1nc2c(-n3cccn3)cc(-c3ccn(CC(C)(C)O)c(=O)c3)cc2[nH]1.CCNC(=O)Nc1nc2c(-n3cccn3)cc(-c3ccn(CC(C)(C)OC)c(=O)c3)cc2[nH]1. The molecule has 0 aliphatic heterocycles. The van der Waals surface area contributed by atoms with E-state index in [1.165, 1.54) is 27.7 Å². The summed E-state index contributed by atoms with van der Waals surface area (Å²) < 4.78 is 17.0. The number of carbonyl (C=O) groups is 5. The van der Waals surface area contributed by atoms with Gasteiger partial charge in [-0.25, -0.2) is 62.6 Å². The first-order chi connectivity index (χ1) is 60.1. The van der Waals surface area contributed by atoms with Crippen molar-refractivity contribution in [1.82, 2.24) is 119 Å². The third-order valence-corrected chi connectivity index (χ3v) is 19.7. The number of rotatable bonds is 23. The number of H-pyrrole nitrogens is 4. The molecule has 0 saturated heterocycles. The number of hydrogen-bond acceptors (Lipinski definition) is 19. The van der Waals surface area contributed by atoms with Crippen LogP contribution in [0.1, 0.15) is 90.3 Å². The number of carboxylic acid groups (broad SMARTS) is 1. The third kappa shape index (κ3) is 20.4. The van der Waals surface area contributed by atoms with Gasteiger partial charge in [0.25, 0.3) is 16.7 Å². The lowest BCUT2D eigenvalue weighted by Gasteiger charge is -2.23. The van der Waals surface area contributed by atoms with Crippen molar-refractivity contribution >= 4 is 98.0 Å². The summed E-state index contributed by atoms with van der Waals surface area (Å²) in [7, 11) is 1.63. The van der Waals surface area contributed by atoms with Crippen molar-refractivity contribution in [3.05, 3.63) is 232 Å². The minimum Gasteiger partial charge on any atom is -0.478 e. The zero-order valence-corrected chi connectivity index (χ0v) is 69.9. The van der Waals surface area contributed by atoms with E-state index in [4.69, 9.17) is 4.74 Å². The van der Waals surface area contributed by atoms with Gasteiger partial charge in [0, 0.05) is 137 Å². The zero-order chi connectivity index (χ0) is 88.4. The van der Waals surface area contributed by atoms with Gasteiger partial charge in [0.1, 0.15) is 22.1 Å². The third-order valence-electron chi connectivity index (χ3n) is 19.7. The van der Waals surface area contributed by atoms with Crippen LogP contribution in [0.5, 0.6) is 0 Å². The summed E-state index contributed by atoms with van der Waals surface area (Å²) >= 11 is 0. The number of nitrogens with one attached hydrogen (secondary N) is 12. The molecule has 39 heteroatoms. The highest BCUT2D eigenvalue weighted by Gasteiger charge is 2.28. The summed E-state index contributed by atoms with van der Waals surface area (Å²) in [5.41, 5.74) is 13.7. The topological polar surface area (TPSA) is 496 Å². The number of fused-ring (bicyclic) bond motifs is 4. The van der Waals surface area contributed by atoms with Crippen LogP contribution in [-0.4, -0.2) is 182 Å². The van der Waals surface area contributed by atoms with Gasteiger partial charge in [-0.05, 0) is 205 Å². The first-order valence-electron chi connectivity index (χ1n) is 40.1. The Morgan fingerprint density at radius 1 is 0.448 bits per heavy atom. The Bertz CT molecular complexity index is 6800. The van der Waals surface area contributed by atoms with E-state index in [0.717, 1.165) is 74.4 Å². The number of benzene rings is 4. The summed E-state index contributed by atoms with van der Waals surface area (Å²) in [6.45, 7) is 19.1. The number of ether oxygens (including phenoxy) is 1. The van der Waals surface area contributed by atoms with Gasteiger partial charge in [0.15, 0.2) is 0 Å². The van der Waals surface area contributed by atoms with Crippen molar-refractivity contribution < 1.29 is 38.9 Å². The number of urea groups is 4. The quantitative estimate of drug-likeness (QED) is 0.0283. The summed E-state index contributed by atoms with van der Waals surface area (Å²) in [5.74, 6) is 0.153. The molecule has 1 saturated carbocycles. The average Bonchev–Trinajstić information content (AvgIpc) is 1.62. The number of aromatic nitrogens is 20. The van der Waals surface area contributed by atoms with Crippen molar-refractivity contribution in [3.8, 4) is 67.3 Å². The van der Waals surface area contributed by atoms with E-state index in [0.29, 0.717) is 112 Å². The molecule has 0 radical (unpaired) electrons. The largest absolute Gasteiger partial charge is 0.478 e. The van der Waals surface area contributed by atoms with Crippen molar-refractivity contribution in [2.75, 3.05) is 54.6 Å². The molecule has 12 aromatic heterocycles. The molecule has 12 heterocycles. The van der Waals surface area contributed by atoms with Crippen LogP contribution in [0.3, 0.4) is 0 Å². The number of imidazole rings is 4. The number of aliphatic hydroxyl groups is 1. The monoisotopic (exact) mass is 1690 g/mol. The van der Waals surface area contributed by atoms with Crippen molar-refractivity contribution in [3.63, 3.8) is 0 Å². The number of carboxylic acids is 1. The number of carbonyl (C=O) groups excluding carboxylic acids is 4. The summed E-state index contributed by atoms with van der Waals surface area (Å²) in [6, 6.07) is 33.9. The fourth-order valence-electron chi connectivity index (χ4n) is 13.8. The number of amides is 8. The van der Waals surface area contributed by atoms with Crippen molar-refractivity contribution in [2.45, 2.75) is 105 Å². The Balaban J connectivity index is 0.000000136. The number of aromatic carboxylic acids is 1. The van der Waals surface area contributed by atoms with Gasteiger partial charge in [-0.2, -0.15) is 20.4 Å². The van der Waals surface area contributed by atoms with Gasteiger partial charge < -0.3 is 69.9 Å². The highest BCUT2D eigenvalue weighted by Crippen LogP contribution is 2.38. The van der Waals surface area contributed by atoms with Crippen LogP contribution in [0.4, 0.5) is 43.0 Å². The molecule has 0 spiro atoms. The number of methoxy groups -OCH3 is 1. The Labute approximate surface area is 711 Å². The molecule has 4 aromatic carbocycles. The molecule has 642 valence electrons. The number of pyridine rings is 4. The number of anilines is 4. The van der Waals surface area contributed by atoms with E-state index in [1.807, 2.05) is 156 Å². The Morgan fingerprint density at radius 2 is 0.824 bits per heavy atom. The van der Waals surface area contributed by atoms with Gasteiger partial charge in [0.05, 0.1) is 80.9 Å². The maximum atomic E-state index is 12.8. The molecule has 8 amide bonds. The van der Waals surface area contributed by atoms with Gasteiger partial charge >= 0.3 is 30.1 Å². The summed E-state index contributed by atoms with van der Waals surface area (Å²) in [5, 5.41) is 57.8. The first kappa shape index (κ1) is 85.5. The molecule has 16 aromatic rings. The summed E-state index contributed by atoms with van der Waals surface area (Å²) in [6.07, 6.45) is 22.1. The van der Waals surface area contributed by atoms with Crippen LogP contribution in [0.25, 0.3) is 111 Å². The Hall–Kier alpha value is -15.9. The molecule has 14 N–H and O–H groups in total. The van der Waals surface area contributed by atoms with Crippen LogP contribution in [-0.2, 0) is 17.8 Å². The molecular formula is C86H92N28O11. The smallest absolute Gasteiger partial charge is 0.338 e. The molecule has 1 fully saturated rings. The van der Waals surface area contributed by atoms with Crippen LogP contribution >= 0.6 is 0 Å². The molecule has 1 aliphatic rings. The lowest BCUT2D eigenvalue weighted by atomic mass is 10.0. The van der Waals surface area contributed by atoms with E-state index in [9.17, 15) is 48.6 Å². The minimum absolute atomic E-state index is 0.0152. The predicted molar refractivity (Wildman–Crippen MR) is 473 cm³/mol. The second-order valence-electron chi connectivity index (χ2n) is 30.3. The van der Waals surface area contributed by atoms with Crippen molar-refractivity contribution in [2.24, 2.45) is 0 Å². The van der Waals surface area contributed by atoms with Gasteiger partial charge in [0.2, 0.25) is 23.8 Å². The van der Waals surface area contributed by atoms with Gasteiger partial charge in [-0.15, -0.1) is 0 Å². The average molecular weight is 1690 g/mol. The predicted octanol–water partition coefficient (Wildman–Crippen LogP) is 11.6. The van der Waals surface area contributed by atoms with E-state index >= 15 is 0 Å². The van der Waals surface area contributed by atoms with Gasteiger partial charge in [-0.1, -0.05) is 6.07 Å². The van der Waals surface area contributed by atoms with E-state index in [2.05, 4.69) is 108 Å². The standard InChI is InChI=1S/C23H27N7O3.C22H25N7O3.C22H23N7O2.C19H17N7O3/c1-5-24-22(32)28-21-26-17-11-16(12-18(20(17)27-21)30-9-6-8-25-30)15-7-10-29(19(31)13-15)14-23(2,3)33-4;1-4-23-21(31)27-20-25-16-10-15(11-17(19(16)26-20)29-8-5-7-24-29)14-6-9-28(18(30)12-14)13-22(2,3)32;1-3-23-22(31)27-21-25-17-10-15(11-18(20(17)26-21)28-8-4-7-24-28)14-9-13(2)29(16-5-6-16)19(30)12-14;1-2-21-19(29)25-18-23-14-6-12(11-4-3-5-20-8-11)7-15(16(14)24-18)26-10-13(9-22-26)17(27)28/h6-13H,5,14H2,1-4H3,(H3,24,26,27,28,32);5-12,32H,4,13H2,1-3H3,(H3,23,25,26,27,31);4,7-12,16H,3,5-6H2,1-2H3,(H3,23,25,26,27,31);3-10H,2H2,1H3,(H,27,28)(H3,21,23,24,25,29).